The molecule has 4 rings (SSSR count). The monoisotopic (exact) mass is 467 g/mol. The van der Waals surface area contributed by atoms with Gasteiger partial charge in [0.15, 0.2) is 11.6 Å². The van der Waals surface area contributed by atoms with E-state index in [1.54, 1.807) is 13.1 Å². The van der Waals surface area contributed by atoms with Gasteiger partial charge in [-0.1, -0.05) is 0 Å². The van der Waals surface area contributed by atoms with Gasteiger partial charge >= 0.3 is 0 Å². The van der Waals surface area contributed by atoms with Crippen LogP contribution in [0.1, 0.15) is 17.5 Å². The summed E-state index contributed by atoms with van der Waals surface area (Å²) in [7, 11) is 0. The molecule has 3 N–H and O–H groups in total. The van der Waals surface area contributed by atoms with Crippen LogP contribution in [0.15, 0.2) is 55.0 Å². The van der Waals surface area contributed by atoms with Crippen molar-refractivity contribution in [3.05, 3.63) is 77.8 Å². The Hall–Kier alpha value is -4.38. The minimum absolute atomic E-state index is 0.0975. The zero-order valence-corrected chi connectivity index (χ0v) is 17.9. The number of carbonyl (C=O) groups is 2. The molecule has 9 nitrogen and oxygen atoms in total. The molecular formula is C23H19F2N5O4. The van der Waals surface area contributed by atoms with Crippen LogP contribution in [0.2, 0.25) is 0 Å². The summed E-state index contributed by atoms with van der Waals surface area (Å²) in [6.45, 7) is 1.57. The number of aryl methyl sites for hydroxylation is 1. The maximum absolute atomic E-state index is 14.7. The van der Waals surface area contributed by atoms with Gasteiger partial charge in [0.1, 0.15) is 24.1 Å². The fourth-order valence-electron chi connectivity index (χ4n) is 3.27. The fraction of sp³-hybridized carbons (Fsp3) is 0.130. The lowest BCUT2D eigenvalue weighted by Crippen LogP contribution is -2.21. The third kappa shape index (κ3) is 4.99. The van der Waals surface area contributed by atoms with Gasteiger partial charge in [0.05, 0.1) is 6.61 Å². The third-order valence-electron chi connectivity index (χ3n) is 4.94. The van der Waals surface area contributed by atoms with Gasteiger partial charge in [0.2, 0.25) is 17.7 Å². The van der Waals surface area contributed by atoms with E-state index in [9.17, 15) is 23.5 Å². The number of fused-ring (bicyclic) bond motifs is 1. The van der Waals surface area contributed by atoms with Crippen LogP contribution in [0.3, 0.4) is 0 Å². The highest BCUT2D eigenvalue weighted by Gasteiger charge is 2.16. The van der Waals surface area contributed by atoms with Crippen LogP contribution in [0.25, 0.3) is 5.52 Å². The lowest BCUT2D eigenvalue weighted by Gasteiger charge is -2.10. The van der Waals surface area contributed by atoms with Crippen LogP contribution in [0.4, 0.5) is 20.2 Å². The molecule has 34 heavy (non-hydrogen) atoms. The predicted molar refractivity (Wildman–Crippen MR) is 118 cm³/mol. The van der Waals surface area contributed by atoms with Gasteiger partial charge in [-0.05, 0) is 48.9 Å². The largest absolute Gasteiger partial charge is 0.434 e. The van der Waals surface area contributed by atoms with Crippen molar-refractivity contribution < 1.29 is 28.2 Å². The number of nitrogens with zero attached hydrogens (tertiary/aromatic N) is 3. The zero-order valence-electron chi connectivity index (χ0n) is 17.9. The summed E-state index contributed by atoms with van der Waals surface area (Å²) < 4.78 is 34.7. The Bertz CT molecular complexity index is 1370. The number of amides is 2. The van der Waals surface area contributed by atoms with Crippen molar-refractivity contribution >= 4 is 28.7 Å². The van der Waals surface area contributed by atoms with Gasteiger partial charge in [-0.15, -0.1) is 0 Å². The lowest BCUT2D eigenvalue weighted by molar-refractivity contribution is -0.123. The number of aliphatic hydroxyl groups is 1. The zero-order chi connectivity index (χ0) is 24.2. The van der Waals surface area contributed by atoms with Crippen molar-refractivity contribution in [3.8, 4) is 11.6 Å². The maximum atomic E-state index is 14.7. The number of benzene rings is 2. The van der Waals surface area contributed by atoms with Crippen molar-refractivity contribution in [2.24, 2.45) is 0 Å². The predicted octanol–water partition coefficient (Wildman–Crippen LogP) is 3.57. The summed E-state index contributed by atoms with van der Waals surface area (Å²) in [4.78, 5) is 28.2. The SMILES string of the molecule is Cc1c(CO)cn2ncnc(Oc3ccc(NC(=O)CC(=O)Nc4ccc(F)cc4)cc3F)c12. The molecule has 4 aromatic rings. The average molecular weight is 467 g/mol. The van der Waals surface area contributed by atoms with Crippen molar-refractivity contribution in [1.29, 1.82) is 0 Å². The minimum atomic E-state index is -0.767. The quantitative estimate of drug-likeness (QED) is 0.358. The summed E-state index contributed by atoms with van der Waals surface area (Å²) in [6, 6.07) is 8.86. The first-order chi connectivity index (χ1) is 16.3. The molecule has 0 aliphatic rings. The Morgan fingerprint density at radius 2 is 1.74 bits per heavy atom. The molecule has 0 bridgehead atoms. The number of hydrogen-bond acceptors (Lipinski definition) is 6. The highest BCUT2D eigenvalue weighted by atomic mass is 19.1. The molecule has 2 amide bonds. The van der Waals surface area contributed by atoms with E-state index in [-0.39, 0.29) is 23.9 Å². The smallest absolute Gasteiger partial charge is 0.247 e. The van der Waals surface area contributed by atoms with Crippen molar-refractivity contribution in [1.82, 2.24) is 14.6 Å². The highest BCUT2D eigenvalue weighted by Crippen LogP contribution is 2.30. The van der Waals surface area contributed by atoms with Gasteiger partial charge < -0.3 is 20.5 Å². The molecule has 11 heteroatoms. The van der Waals surface area contributed by atoms with E-state index in [4.69, 9.17) is 4.74 Å². The Balaban J connectivity index is 1.42. The number of aliphatic hydroxyl groups excluding tert-OH is 1. The number of carbonyl (C=O) groups excluding carboxylic acids is 2. The molecule has 0 saturated carbocycles. The van der Waals surface area contributed by atoms with Crippen LogP contribution in [0.5, 0.6) is 11.6 Å². The molecule has 0 aliphatic heterocycles. The van der Waals surface area contributed by atoms with Crippen LogP contribution < -0.4 is 15.4 Å². The van der Waals surface area contributed by atoms with Gasteiger partial charge in [0.25, 0.3) is 0 Å². The normalized spacial score (nSPS) is 10.8. The van der Waals surface area contributed by atoms with Crippen molar-refractivity contribution in [2.45, 2.75) is 20.0 Å². The molecule has 2 aromatic heterocycles. The molecule has 2 heterocycles. The van der Waals surface area contributed by atoms with E-state index in [0.29, 0.717) is 22.3 Å². The Labute approximate surface area is 192 Å². The average Bonchev–Trinajstić information content (AvgIpc) is 3.13. The molecule has 174 valence electrons. The molecular weight excluding hydrogens is 448 g/mol. The maximum Gasteiger partial charge on any atom is 0.247 e. The second kappa shape index (κ2) is 9.63. The number of anilines is 2. The summed E-state index contributed by atoms with van der Waals surface area (Å²) in [5.74, 6) is -2.53. The molecule has 2 aromatic carbocycles. The number of hydrogen-bond donors (Lipinski definition) is 3. The van der Waals surface area contributed by atoms with E-state index in [2.05, 4.69) is 20.7 Å². The Morgan fingerprint density at radius 3 is 2.41 bits per heavy atom. The second-order valence-corrected chi connectivity index (χ2v) is 7.32. The topological polar surface area (TPSA) is 118 Å². The Kier molecular flexibility index (Phi) is 6.46. The first-order valence-electron chi connectivity index (χ1n) is 10.1. The highest BCUT2D eigenvalue weighted by molar-refractivity contribution is 6.08. The Morgan fingerprint density at radius 1 is 1.06 bits per heavy atom. The summed E-state index contributed by atoms with van der Waals surface area (Å²) in [5.41, 5.74) is 2.28. The molecule has 0 radical (unpaired) electrons. The van der Waals surface area contributed by atoms with E-state index in [0.717, 1.165) is 6.07 Å². The first kappa shape index (κ1) is 22.8. The standard InChI is InChI=1S/C23H19F2N5O4/c1-13-14(11-31)10-30-22(13)23(26-12-27-30)34-19-7-6-17(8-18(19)25)29-21(33)9-20(32)28-16-4-2-15(24)3-5-16/h2-8,10,12,31H,9,11H2,1H3,(H,28,32)(H,29,33). The van der Waals surface area contributed by atoms with Gasteiger partial charge in [-0.2, -0.15) is 10.1 Å². The van der Waals surface area contributed by atoms with Gasteiger partial charge in [0, 0.05) is 29.2 Å². The number of nitrogens with one attached hydrogen (secondary N) is 2. The number of ether oxygens (including phenoxy) is 1. The van der Waals surface area contributed by atoms with Crippen LogP contribution in [-0.4, -0.2) is 31.5 Å². The molecule has 0 spiro atoms. The fourth-order valence-corrected chi connectivity index (χ4v) is 3.27. The van der Waals surface area contributed by atoms with Crippen molar-refractivity contribution in [3.63, 3.8) is 0 Å². The summed E-state index contributed by atoms with van der Waals surface area (Å²) in [5, 5.41) is 18.4. The third-order valence-corrected chi connectivity index (χ3v) is 4.94. The van der Waals surface area contributed by atoms with Crippen LogP contribution >= 0.6 is 0 Å². The number of halogens is 2. The second-order valence-electron chi connectivity index (χ2n) is 7.32. The van der Waals surface area contributed by atoms with E-state index >= 15 is 0 Å². The molecule has 0 atom stereocenters. The van der Waals surface area contributed by atoms with Gasteiger partial charge in [-0.25, -0.2) is 13.3 Å². The summed E-state index contributed by atoms with van der Waals surface area (Å²) in [6.07, 6.45) is 2.35. The minimum Gasteiger partial charge on any atom is -0.434 e. The molecule has 0 saturated heterocycles. The lowest BCUT2D eigenvalue weighted by atomic mass is 10.2. The van der Waals surface area contributed by atoms with E-state index < -0.39 is 29.9 Å². The molecule has 0 aliphatic carbocycles. The van der Waals surface area contributed by atoms with E-state index in [1.165, 1.54) is 47.2 Å². The number of rotatable bonds is 7. The van der Waals surface area contributed by atoms with Crippen LogP contribution in [-0.2, 0) is 16.2 Å². The van der Waals surface area contributed by atoms with Crippen LogP contribution in [0, 0.1) is 18.6 Å². The molecule has 0 unspecified atom stereocenters. The van der Waals surface area contributed by atoms with Crippen molar-refractivity contribution in [2.75, 3.05) is 10.6 Å². The van der Waals surface area contributed by atoms with E-state index in [1.807, 2.05) is 0 Å². The summed E-state index contributed by atoms with van der Waals surface area (Å²) >= 11 is 0. The van der Waals surface area contributed by atoms with Gasteiger partial charge in [-0.3, -0.25) is 9.59 Å². The molecule has 0 fully saturated rings. The first-order valence-corrected chi connectivity index (χ1v) is 10.1. The number of aromatic nitrogens is 3.